The van der Waals surface area contributed by atoms with Crippen LogP contribution in [0, 0.1) is 0 Å². The molecule has 0 aliphatic heterocycles. The number of alkyl halides is 2. The highest BCUT2D eigenvalue weighted by Gasteiger charge is 2.46. The average Bonchev–Trinajstić information content (AvgIpc) is 2.61. The molecule has 0 aromatic rings. The number of nitrogens with zero attached hydrogens (tertiary/aromatic N) is 1. The molecular formula is C12H22F2N2O2. The Hall–Kier alpha value is -0.750. The molecular weight excluding hydrogens is 242 g/mol. The zero-order chi connectivity index (χ0) is 13.9. The smallest absolute Gasteiger partial charge is 0.323 e. The van der Waals surface area contributed by atoms with E-state index in [4.69, 9.17) is 0 Å². The molecule has 1 fully saturated rings. The quantitative estimate of drug-likeness (QED) is 0.764. The largest absolute Gasteiger partial charge is 0.480 e. The first-order valence-corrected chi connectivity index (χ1v) is 6.26. The van der Waals surface area contributed by atoms with Gasteiger partial charge in [-0.05, 0) is 40.2 Å². The minimum atomic E-state index is -2.38. The van der Waals surface area contributed by atoms with Gasteiger partial charge in [0.2, 0.25) is 0 Å². The van der Waals surface area contributed by atoms with E-state index in [9.17, 15) is 18.7 Å². The van der Waals surface area contributed by atoms with Crippen LogP contribution in [0.1, 0.15) is 33.1 Å². The van der Waals surface area contributed by atoms with E-state index >= 15 is 0 Å². The van der Waals surface area contributed by atoms with Crippen LogP contribution in [0.15, 0.2) is 0 Å². The fourth-order valence-electron chi connectivity index (χ4n) is 2.70. The van der Waals surface area contributed by atoms with Crippen molar-refractivity contribution in [2.24, 2.45) is 0 Å². The molecule has 1 aliphatic carbocycles. The van der Waals surface area contributed by atoms with E-state index in [1.54, 1.807) is 11.9 Å². The molecule has 0 amide bonds. The van der Waals surface area contributed by atoms with Crippen molar-refractivity contribution in [3.8, 4) is 0 Å². The number of carboxylic acids is 1. The molecule has 0 bridgehead atoms. The van der Waals surface area contributed by atoms with Crippen LogP contribution < -0.4 is 5.32 Å². The molecule has 1 aliphatic rings. The number of rotatable bonds is 6. The summed E-state index contributed by atoms with van der Waals surface area (Å²) in [5, 5.41) is 12.4. The number of nitrogens with one attached hydrogen (secondary N) is 1. The summed E-state index contributed by atoms with van der Waals surface area (Å²) in [6.45, 7) is 3.48. The van der Waals surface area contributed by atoms with E-state index in [2.05, 4.69) is 5.32 Å². The normalized spacial score (nSPS) is 28.6. The fraction of sp³-hybridized carbons (Fsp3) is 0.917. The lowest BCUT2D eigenvalue weighted by atomic mass is 9.96. The summed E-state index contributed by atoms with van der Waals surface area (Å²) in [6.07, 6.45) is -0.884. The lowest BCUT2D eigenvalue weighted by Gasteiger charge is -2.30. The average molecular weight is 264 g/mol. The number of carboxylic acid groups (broad SMARTS) is 1. The number of carbonyl (C=O) groups is 1. The van der Waals surface area contributed by atoms with Crippen molar-refractivity contribution < 1.29 is 18.7 Å². The van der Waals surface area contributed by atoms with Crippen LogP contribution >= 0.6 is 0 Å². The van der Waals surface area contributed by atoms with E-state index < -0.39 is 17.9 Å². The van der Waals surface area contributed by atoms with Gasteiger partial charge in [-0.15, -0.1) is 0 Å². The first kappa shape index (κ1) is 15.3. The second-order valence-corrected chi connectivity index (χ2v) is 5.41. The summed E-state index contributed by atoms with van der Waals surface area (Å²) in [7, 11) is 1.63. The molecule has 2 atom stereocenters. The van der Waals surface area contributed by atoms with Crippen molar-refractivity contribution in [3.05, 3.63) is 0 Å². The monoisotopic (exact) mass is 264 g/mol. The molecule has 2 N–H and O–H groups in total. The Morgan fingerprint density at radius 3 is 2.61 bits per heavy atom. The van der Waals surface area contributed by atoms with Gasteiger partial charge in [0.1, 0.15) is 5.54 Å². The highest BCUT2D eigenvalue weighted by molar-refractivity contribution is 5.79. The van der Waals surface area contributed by atoms with E-state index in [0.29, 0.717) is 19.3 Å². The van der Waals surface area contributed by atoms with Crippen LogP contribution in [0.5, 0.6) is 0 Å². The summed E-state index contributed by atoms with van der Waals surface area (Å²) in [4.78, 5) is 13.0. The number of aliphatic carboxylic acids is 1. The minimum absolute atomic E-state index is 0.0558. The molecule has 1 saturated carbocycles. The maximum atomic E-state index is 12.3. The van der Waals surface area contributed by atoms with Crippen molar-refractivity contribution in [3.63, 3.8) is 0 Å². The summed E-state index contributed by atoms with van der Waals surface area (Å²) < 4.78 is 24.7. The predicted molar refractivity (Wildman–Crippen MR) is 64.9 cm³/mol. The summed E-state index contributed by atoms with van der Waals surface area (Å²) >= 11 is 0. The predicted octanol–water partition coefficient (Wildman–Crippen LogP) is 1.56. The lowest BCUT2D eigenvalue weighted by molar-refractivity contribution is -0.145. The fourth-order valence-corrected chi connectivity index (χ4v) is 2.70. The molecule has 18 heavy (non-hydrogen) atoms. The van der Waals surface area contributed by atoms with Gasteiger partial charge in [0.15, 0.2) is 0 Å². The van der Waals surface area contributed by atoms with Crippen LogP contribution in [-0.4, -0.2) is 53.6 Å². The molecule has 0 aromatic carbocycles. The molecule has 0 aromatic heterocycles. The topological polar surface area (TPSA) is 52.6 Å². The first-order valence-electron chi connectivity index (χ1n) is 6.26. The van der Waals surface area contributed by atoms with Gasteiger partial charge in [-0.3, -0.25) is 15.0 Å². The third-order valence-electron chi connectivity index (χ3n) is 3.51. The Morgan fingerprint density at radius 2 is 2.17 bits per heavy atom. The van der Waals surface area contributed by atoms with Crippen LogP contribution in [-0.2, 0) is 4.79 Å². The second-order valence-electron chi connectivity index (χ2n) is 5.41. The van der Waals surface area contributed by atoms with Crippen molar-refractivity contribution in [1.82, 2.24) is 10.2 Å². The Balaban J connectivity index is 2.68. The summed E-state index contributed by atoms with van der Waals surface area (Å²) in [6, 6.07) is -0.0402. The van der Waals surface area contributed by atoms with Gasteiger partial charge < -0.3 is 5.11 Å². The zero-order valence-corrected chi connectivity index (χ0v) is 11.1. The van der Waals surface area contributed by atoms with Gasteiger partial charge in [-0.2, -0.15) is 0 Å². The number of hydrogen-bond acceptors (Lipinski definition) is 3. The molecule has 0 spiro atoms. The van der Waals surface area contributed by atoms with Gasteiger partial charge >= 0.3 is 5.97 Å². The Bertz CT molecular complexity index is 300. The Morgan fingerprint density at radius 1 is 1.56 bits per heavy atom. The molecule has 0 radical (unpaired) electrons. The minimum Gasteiger partial charge on any atom is -0.480 e. The molecule has 0 saturated heterocycles. The van der Waals surface area contributed by atoms with Gasteiger partial charge in [0.25, 0.3) is 6.43 Å². The van der Waals surface area contributed by atoms with Crippen molar-refractivity contribution in [2.45, 2.75) is 57.2 Å². The maximum absolute atomic E-state index is 12.3. The Labute approximate surface area is 106 Å². The van der Waals surface area contributed by atoms with Crippen LogP contribution in [0.4, 0.5) is 8.78 Å². The van der Waals surface area contributed by atoms with Crippen molar-refractivity contribution in [2.75, 3.05) is 13.6 Å². The number of hydrogen-bond donors (Lipinski definition) is 2. The summed E-state index contributed by atoms with van der Waals surface area (Å²) in [5.74, 6) is -0.885. The molecule has 6 heteroatoms. The van der Waals surface area contributed by atoms with Gasteiger partial charge in [0, 0.05) is 12.1 Å². The standard InChI is InChI=1S/C12H22F2N2O2/c1-8(2)15-12(11(17)18)5-4-9(6-12)16(3)7-10(13)14/h8-10,15H,4-7H2,1-3H3,(H,17,18). The van der Waals surface area contributed by atoms with Gasteiger partial charge in [-0.25, -0.2) is 8.78 Å². The second kappa shape index (κ2) is 5.93. The molecule has 4 nitrogen and oxygen atoms in total. The van der Waals surface area contributed by atoms with Crippen molar-refractivity contribution >= 4 is 5.97 Å². The Kier molecular flexibility index (Phi) is 5.04. The van der Waals surface area contributed by atoms with E-state index in [1.807, 2.05) is 13.8 Å². The lowest BCUT2D eigenvalue weighted by Crippen LogP contribution is -2.53. The molecule has 106 valence electrons. The highest BCUT2D eigenvalue weighted by Crippen LogP contribution is 2.33. The number of halogens is 2. The molecule has 1 rings (SSSR count). The summed E-state index contributed by atoms with van der Waals surface area (Å²) in [5.41, 5.74) is -0.963. The SMILES string of the molecule is CC(C)NC1(C(=O)O)CCC(N(C)CC(F)F)C1. The van der Waals surface area contributed by atoms with E-state index in [-0.39, 0.29) is 18.6 Å². The third kappa shape index (κ3) is 3.62. The van der Waals surface area contributed by atoms with Crippen LogP contribution in [0.25, 0.3) is 0 Å². The van der Waals surface area contributed by atoms with Crippen LogP contribution in [0.2, 0.25) is 0 Å². The van der Waals surface area contributed by atoms with Gasteiger partial charge in [-0.1, -0.05) is 0 Å². The highest BCUT2D eigenvalue weighted by atomic mass is 19.3. The van der Waals surface area contributed by atoms with Crippen LogP contribution in [0.3, 0.4) is 0 Å². The van der Waals surface area contributed by atoms with Gasteiger partial charge in [0.05, 0.1) is 6.54 Å². The van der Waals surface area contributed by atoms with E-state index in [1.165, 1.54) is 0 Å². The zero-order valence-electron chi connectivity index (χ0n) is 11.1. The molecule has 2 unspecified atom stereocenters. The maximum Gasteiger partial charge on any atom is 0.323 e. The molecule has 0 heterocycles. The first-order chi connectivity index (χ1) is 8.27. The van der Waals surface area contributed by atoms with E-state index in [0.717, 1.165) is 0 Å². The van der Waals surface area contributed by atoms with Crippen molar-refractivity contribution in [1.29, 1.82) is 0 Å². The third-order valence-corrected chi connectivity index (χ3v) is 3.51.